The molecule has 1 aromatic carbocycles. The smallest absolute Gasteiger partial charge is 0.385 e. The van der Waals surface area contributed by atoms with Gasteiger partial charge in [-0.1, -0.05) is 18.2 Å². The van der Waals surface area contributed by atoms with Gasteiger partial charge in [0.05, 0.1) is 0 Å². The van der Waals surface area contributed by atoms with Crippen LogP contribution in [0.1, 0.15) is 21.1 Å². The van der Waals surface area contributed by atoms with Gasteiger partial charge in [-0.05, 0) is 12.1 Å². The molecule has 0 amide bonds. The van der Waals surface area contributed by atoms with Gasteiger partial charge >= 0.3 is 11.9 Å². The van der Waals surface area contributed by atoms with Crippen LogP contribution < -0.4 is 4.74 Å². The Morgan fingerprint density at radius 1 is 1.17 bits per heavy atom. The van der Waals surface area contributed by atoms with Crippen LogP contribution in [0, 0.1) is 0 Å². The Balaban J connectivity index is 2.10. The third kappa shape index (κ3) is 2.75. The van der Waals surface area contributed by atoms with Crippen LogP contribution in [0.5, 0.6) is 5.75 Å². The van der Waals surface area contributed by atoms with Gasteiger partial charge in [0.15, 0.2) is 22.0 Å². The van der Waals surface area contributed by atoms with Crippen molar-refractivity contribution in [1.29, 1.82) is 0 Å². The van der Waals surface area contributed by atoms with E-state index in [1.165, 1.54) is 6.20 Å². The number of carbonyl (C=O) groups excluding carboxylic acids is 2. The molecule has 0 aliphatic rings. The number of hydrogen-bond acceptors (Lipinski definition) is 5. The fourth-order valence-corrected chi connectivity index (χ4v) is 1.37. The average Bonchev–Trinajstić information content (AvgIpc) is 2.88. The van der Waals surface area contributed by atoms with E-state index in [-0.39, 0.29) is 11.5 Å². The first-order valence-electron chi connectivity index (χ1n) is 4.86. The Kier molecular flexibility index (Phi) is 3.73. The maximum Gasteiger partial charge on any atom is 0.385 e. The molecule has 0 aliphatic carbocycles. The SMILES string of the molecule is O=C(Oc1ccccc1)c1c[nH]c(C(=O)OBr)n1. The number of aromatic amines is 1. The standard InChI is InChI=1S/C11H7BrN2O4/c12-18-11(16)9-13-6-8(14-9)10(15)17-7-4-2-1-3-5-7/h1-6H,(H,13,14). The van der Waals surface area contributed by atoms with E-state index in [0.717, 1.165) is 0 Å². The molecule has 1 heterocycles. The summed E-state index contributed by atoms with van der Waals surface area (Å²) < 4.78 is 9.32. The van der Waals surface area contributed by atoms with Crippen LogP contribution in [0.2, 0.25) is 0 Å². The molecular weight excluding hydrogens is 304 g/mol. The summed E-state index contributed by atoms with van der Waals surface area (Å²) in [5, 5.41) is 0. The number of carbonyl (C=O) groups is 2. The molecule has 0 fully saturated rings. The molecule has 0 spiro atoms. The number of esters is 1. The topological polar surface area (TPSA) is 81.3 Å². The highest BCUT2D eigenvalue weighted by Gasteiger charge is 2.17. The molecule has 0 saturated heterocycles. The Labute approximate surface area is 110 Å². The lowest BCUT2D eigenvalue weighted by Crippen LogP contribution is -2.09. The minimum atomic E-state index is -0.728. The van der Waals surface area contributed by atoms with E-state index in [1.807, 2.05) is 0 Å². The molecule has 0 saturated carbocycles. The summed E-state index contributed by atoms with van der Waals surface area (Å²) in [6.07, 6.45) is 1.27. The third-order valence-electron chi connectivity index (χ3n) is 2.00. The predicted molar refractivity (Wildman–Crippen MR) is 64.3 cm³/mol. The molecule has 0 unspecified atom stereocenters. The number of hydrogen-bond donors (Lipinski definition) is 1. The molecule has 2 rings (SSSR count). The number of aromatic nitrogens is 2. The molecule has 2 aromatic rings. The molecule has 0 radical (unpaired) electrons. The zero-order valence-electron chi connectivity index (χ0n) is 8.92. The summed E-state index contributed by atoms with van der Waals surface area (Å²) in [7, 11) is 0. The molecular formula is C11H7BrN2O4. The molecule has 0 bridgehead atoms. The molecule has 7 heteroatoms. The van der Waals surface area contributed by atoms with Gasteiger partial charge in [-0.2, -0.15) is 0 Å². The first-order valence-corrected chi connectivity index (χ1v) is 5.51. The van der Waals surface area contributed by atoms with Crippen LogP contribution in [0.3, 0.4) is 0 Å². The molecule has 0 aliphatic heterocycles. The van der Waals surface area contributed by atoms with E-state index >= 15 is 0 Å². The summed E-state index contributed by atoms with van der Waals surface area (Å²) in [6.45, 7) is 0. The van der Waals surface area contributed by atoms with Crippen molar-refractivity contribution in [2.45, 2.75) is 0 Å². The lowest BCUT2D eigenvalue weighted by atomic mass is 10.3. The number of ether oxygens (including phenoxy) is 1. The van der Waals surface area contributed by atoms with Gasteiger partial charge in [0.1, 0.15) is 5.75 Å². The van der Waals surface area contributed by atoms with Gasteiger partial charge in [-0.3, -0.25) is 0 Å². The minimum absolute atomic E-state index is 0.00764. The molecule has 0 atom stereocenters. The zero-order chi connectivity index (χ0) is 13.0. The van der Waals surface area contributed by atoms with Gasteiger partial charge in [0.2, 0.25) is 5.82 Å². The predicted octanol–water partition coefficient (Wildman–Crippen LogP) is 2.10. The Bertz CT molecular complexity index is 567. The number of imidazole rings is 1. The maximum atomic E-state index is 11.7. The van der Waals surface area contributed by atoms with Crippen LogP contribution in [0.4, 0.5) is 0 Å². The first-order chi connectivity index (χ1) is 8.70. The summed E-state index contributed by atoms with van der Waals surface area (Å²) in [6, 6.07) is 8.55. The fourth-order valence-electron chi connectivity index (χ4n) is 1.22. The highest BCUT2D eigenvalue weighted by molar-refractivity contribution is 9.06. The first kappa shape index (κ1) is 12.3. The fraction of sp³-hybridized carbons (Fsp3) is 0. The second-order valence-corrected chi connectivity index (χ2v) is 3.53. The molecule has 1 N–H and O–H groups in total. The lowest BCUT2D eigenvalue weighted by Gasteiger charge is -2.00. The van der Waals surface area contributed by atoms with E-state index in [9.17, 15) is 9.59 Å². The van der Waals surface area contributed by atoms with E-state index < -0.39 is 11.9 Å². The third-order valence-corrected chi connectivity index (χ3v) is 2.30. The van der Waals surface area contributed by atoms with E-state index in [4.69, 9.17) is 4.74 Å². The second kappa shape index (κ2) is 5.46. The zero-order valence-corrected chi connectivity index (χ0v) is 10.5. The van der Waals surface area contributed by atoms with Crippen LogP contribution in [-0.2, 0) is 3.83 Å². The lowest BCUT2D eigenvalue weighted by molar-refractivity contribution is 0.0729. The van der Waals surface area contributed by atoms with E-state index in [1.54, 1.807) is 30.3 Å². The van der Waals surface area contributed by atoms with Gasteiger partial charge in [0, 0.05) is 6.20 Å². The number of rotatable bonds is 3. The van der Waals surface area contributed by atoms with Crippen LogP contribution in [-0.4, -0.2) is 21.9 Å². The average molecular weight is 311 g/mol. The van der Waals surface area contributed by atoms with Crippen LogP contribution >= 0.6 is 16.3 Å². The maximum absolute atomic E-state index is 11.7. The van der Waals surface area contributed by atoms with Gasteiger partial charge < -0.3 is 13.5 Å². The number of benzene rings is 1. The minimum Gasteiger partial charge on any atom is -0.422 e. The van der Waals surface area contributed by atoms with Crippen molar-refractivity contribution in [2.75, 3.05) is 0 Å². The van der Waals surface area contributed by atoms with Crippen molar-refractivity contribution >= 4 is 28.2 Å². The van der Waals surface area contributed by atoms with Gasteiger partial charge in [-0.25, -0.2) is 14.6 Å². The molecule has 92 valence electrons. The number of nitrogens with zero attached hydrogens (tertiary/aromatic N) is 1. The largest absolute Gasteiger partial charge is 0.422 e. The number of para-hydroxylation sites is 1. The highest BCUT2D eigenvalue weighted by atomic mass is 79.9. The summed E-state index contributed by atoms with van der Waals surface area (Å²) in [5.41, 5.74) is -0.00764. The Morgan fingerprint density at radius 2 is 1.89 bits per heavy atom. The summed E-state index contributed by atoms with van der Waals surface area (Å²) in [4.78, 5) is 29.0. The highest BCUT2D eigenvalue weighted by Crippen LogP contribution is 2.11. The Hall–Kier alpha value is -2.15. The van der Waals surface area contributed by atoms with Crippen molar-refractivity contribution in [3.63, 3.8) is 0 Å². The second-order valence-electron chi connectivity index (χ2n) is 3.20. The van der Waals surface area contributed by atoms with Crippen molar-refractivity contribution < 1.29 is 18.2 Å². The van der Waals surface area contributed by atoms with E-state index in [2.05, 4.69) is 30.1 Å². The molecule has 6 nitrogen and oxygen atoms in total. The summed E-state index contributed by atoms with van der Waals surface area (Å²) >= 11 is 2.53. The Morgan fingerprint density at radius 3 is 2.56 bits per heavy atom. The van der Waals surface area contributed by atoms with Crippen molar-refractivity contribution in [2.24, 2.45) is 0 Å². The monoisotopic (exact) mass is 310 g/mol. The van der Waals surface area contributed by atoms with Crippen molar-refractivity contribution in [3.8, 4) is 5.75 Å². The number of nitrogens with one attached hydrogen (secondary N) is 1. The molecule has 18 heavy (non-hydrogen) atoms. The van der Waals surface area contributed by atoms with Crippen LogP contribution in [0.25, 0.3) is 0 Å². The summed E-state index contributed by atoms with van der Waals surface area (Å²) in [5.74, 6) is -1.08. The van der Waals surface area contributed by atoms with Crippen molar-refractivity contribution in [3.05, 3.63) is 48.0 Å². The van der Waals surface area contributed by atoms with Gasteiger partial charge in [-0.15, -0.1) is 0 Å². The van der Waals surface area contributed by atoms with Gasteiger partial charge in [0.25, 0.3) is 0 Å². The van der Waals surface area contributed by atoms with Crippen LogP contribution in [0.15, 0.2) is 36.5 Å². The quantitative estimate of drug-likeness (QED) is 0.693. The number of halogens is 1. The normalized spacial score (nSPS) is 9.83. The van der Waals surface area contributed by atoms with E-state index in [0.29, 0.717) is 5.75 Å². The van der Waals surface area contributed by atoms with Crippen molar-refractivity contribution in [1.82, 2.24) is 9.97 Å². The molecule has 1 aromatic heterocycles. The number of H-pyrrole nitrogens is 1.